The molecule has 1 heterocycles. The van der Waals surface area contributed by atoms with E-state index < -0.39 is 23.1 Å². The van der Waals surface area contributed by atoms with E-state index in [0.717, 1.165) is 0 Å². The maximum atomic E-state index is 14.7. The maximum Gasteiger partial charge on any atom is 0.414 e. The van der Waals surface area contributed by atoms with Crippen molar-refractivity contribution in [2.75, 3.05) is 6.54 Å². The number of ketones is 1. The quantitative estimate of drug-likeness (QED) is 0.678. The van der Waals surface area contributed by atoms with Crippen LogP contribution < -0.4 is 0 Å². The van der Waals surface area contributed by atoms with Gasteiger partial charge >= 0.3 is 6.09 Å². The van der Waals surface area contributed by atoms with Gasteiger partial charge in [-0.15, -0.1) is 0 Å². The predicted octanol–water partition coefficient (Wildman–Crippen LogP) is 2.75. The average molecular weight is 267 g/mol. The molecule has 1 aliphatic carbocycles. The molecule has 1 atom stereocenters. The van der Waals surface area contributed by atoms with E-state index in [1.165, 1.54) is 23.1 Å². The van der Waals surface area contributed by atoms with Crippen LogP contribution in [0.15, 0.2) is 23.9 Å². The highest BCUT2D eigenvalue weighted by Gasteiger charge is 2.49. The molecule has 0 aromatic carbocycles. The Balaban J connectivity index is 2.27. The normalized spacial score (nSPS) is 26.8. The Bertz CT molecular complexity index is 476. The number of piperidine rings is 1. The third kappa shape index (κ3) is 2.55. The molecular formula is C14H18FNO3. The van der Waals surface area contributed by atoms with Gasteiger partial charge in [-0.25, -0.2) is 9.18 Å². The monoisotopic (exact) mass is 267 g/mol. The van der Waals surface area contributed by atoms with Gasteiger partial charge in [-0.1, -0.05) is 6.08 Å². The highest BCUT2D eigenvalue weighted by molar-refractivity contribution is 6.01. The molecule has 2 rings (SSSR count). The molecule has 19 heavy (non-hydrogen) atoms. The van der Waals surface area contributed by atoms with Crippen molar-refractivity contribution in [2.24, 2.45) is 0 Å². The number of hydrogen-bond acceptors (Lipinski definition) is 3. The van der Waals surface area contributed by atoms with Crippen LogP contribution in [0.4, 0.5) is 9.18 Å². The summed E-state index contributed by atoms with van der Waals surface area (Å²) < 4.78 is 20.0. The second-order valence-corrected chi connectivity index (χ2v) is 5.81. The Morgan fingerprint density at radius 1 is 1.47 bits per heavy atom. The number of ether oxygens (including phenoxy) is 1. The van der Waals surface area contributed by atoms with Crippen LogP contribution in [0.2, 0.25) is 0 Å². The first-order chi connectivity index (χ1) is 8.74. The summed E-state index contributed by atoms with van der Waals surface area (Å²) in [4.78, 5) is 25.0. The van der Waals surface area contributed by atoms with Crippen LogP contribution in [-0.4, -0.2) is 34.6 Å². The smallest absolute Gasteiger partial charge is 0.414 e. The Kier molecular flexibility index (Phi) is 3.24. The lowest BCUT2D eigenvalue weighted by molar-refractivity contribution is -0.126. The summed E-state index contributed by atoms with van der Waals surface area (Å²) in [6, 6.07) is 0. The lowest BCUT2D eigenvalue weighted by Crippen LogP contribution is -2.51. The van der Waals surface area contributed by atoms with E-state index in [-0.39, 0.29) is 12.1 Å². The first kappa shape index (κ1) is 13.8. The highest BCUT2D eigenvalue weighted by atomic mass is 19.1. The predicted molar refractivity (Wildman–Crippen MR) is 68.2 cm³/mol. The number of fused-ring (bicyclic) bond motifs is 1. The van der Waals surface area contributed by atoms with Gasteiger partial charge in [0, 0.05) is 6.54 Å². The van der Waals surface area contributed by atoms with Crippen molar-refractivity contribution in [3.63, 3.8) is 0 Å². The molecule has 1 aliphatic heterocycles. The number of likely N-dealkylation sites (tertiary alicyclic amines) is 1. The molecule has 1 amide bonds. The molecule has 0 bridgehead atoms. The van der Waals surface area contributed by atoms with Crippen molar-refractivity contribution in [1.82, 2.24) is 4.90 Å². The minimum atomic E-state index is -2.08. The largest absolute Gasteiger partial charge is 0.443 e. The highest BCUT2D eigenvalue weighted by Crippen LogP contribution is 2.38. The van der Waals surface area contributed by atoms with Gasteiger partial charge in [0.05, 0.1) is 5.70 Å². The molecule has 2 aliphatic rings. The summed E-state index contributed by atoms with van der Waals surface area (Å²) in [7, 11) is 0. The van der Waals surface area contributed by atoms with Crippen LogP contribution in [0.1, 0.15) is 33.6 Å². The molecule has 5 heteroatoms. The van der Waals surface area contributed by atoms with Gasteiger partial charge in [-0.3, -0.25) is 9.69 Å². The standard InChI is InChI=1S/C14H18FNO3/c1-13(2,3)19-12(18)16-9-5-8-14(15)10(16)6-4-7-11(14)17/h4,6-7H,5,8-9H2,1-3H3/t14-/m1/s1. The Morgan fingerprint density at radius 2 is 2.16 bits per heavy atom. The first-order valence-electron chi connectivity index (χ1n) is 6.37. The number of allylic oxidation sites excluding steroid dienone is 4. The number of amides is 1. The van der Waals surface area contributed by atoms with Crippen molar-refractivity contribution in [1.29, 1.82) is 0 Å². The number of rotatable bonds is 0. The van der Waals surface area contributed by atoms with Crippen LogP contribution >= 0.6 is 0 Å². The summed E-state index contributed by atoms with van der Waals surface area (Å²) in [6.07, 6.45) is 4.10. The molecule has 0 radical (unpaired) electrons. The molecule has 0 aromatic rings. The topological polar surface area (TPSA) is 46.6 Å². The van der Waals surface area contributed by atoms with Crippen LogP contribution in [0.5, 0.6) is 0 Å². The molecule has 0 unspecified atom stereocenters. The van der Waals surface area contributed by atoms with E-state index in [9.17, 15) is 14.0 Å². The van der Waals surface area contributed by atoms with Gasteiger partial charge in [0.25, 0.3) is 0 Å². The van der Waals surface area contributed by atoms with Gasteiger partial charge < -0.3 is 4.74 Å². The van der Waals surface area contributed by atoms with E-state index in [2.05, 4.69) is 0 Å². The molecular weight excluding hydrogens is 249 g/mol. The summed E-state index contributed by atoms with van der Waals surface area (Å²) >= 11 is 0. The zero-order valence-corrected chi connectivity index (χ0v) is 11.4. The Labute approximate surface area is 111 Å². The number of nitrogens with zero attached hydrogens (tertiary/aromatic N) is 1. The zero-order chi connectivity index (χ0) is 14.3. The van der Waals surface area contributed by atoms with Crippen LogP contribution in [0, 0.1) is 0 Å². The fourth-order valence-corrected chi connectivity index (χ4v) is 2.28. The fraction of sp³-hybridized carbons (Fsp3) is 0.571. The first-order valence-corrected chi connectivity index (χ1v) is 6.37. The Hall–Kier alpha value is -1.65. The van der Waals surface area contributed by atoms with E-state index in [1.807, 2.05) is 0 Å². The molecule has 0 N–H and O–H groups in total. The van der Waals surface area contributed by atoms with Crippen molar-refractivity contribution in [3.8, 4) is 0 Å². The van der Waals surface area contributed by atoms with Crippen LogP contribution in [0.3, 0.4) is 0 Å². The van der Waals surface area contributed by atoms with E-state index >= 15 is 0 Å². The second-order valence-electron chi connectivity index (χ2n) is 5.81. The van der Waals surface area contributed by atoms with Crippen molar-refractivity contribution >= 4 is 11.9 Å². The lowest BCUT2D eigenvalue weighted by atomic mass is 9.84. The van der Waals surface area contributed by atoms with Gasteiger partial charge in [0.1, 0.15) is 5.60 Å². The zero-order valence-electron chi connectivity index (χ0n) is 11.4. The van der Waals surface area contributed by atoms with Crippen LogP contribution in [0.25, 0.3) is 0 Å². The van der Waals surface area contributed by atoms with Gasteiger partial charge in [0.15, 0.2) is 5.78 Å². The summed E-state index contributed by atoms with van der Waals surface area (Å²) in [5.41, 5.74) is -2.63. The molecule has 4 nitrogen and oxygen atoms in total. The van der Waals surface area contributed by atoms with E-state index in [1.54, 1.807) is 20.8 Å². The minimum absolute atomic E-state index is 0.0977. The fourth-order valence-electron chi connectivity index (χ4n) is 2.28. The molecule has 0 aromatic heterocycles. The van der Waals surface area contributed by atoms with Gasteiger partial charge in [-0.2, -0.15) is 0 Å². The summed E-state index contributed by atoms with van der Waals surface area (Å²) in [5, 5.41) is 0. The van der Waals surface area contributed by atoms with Gasteiger partial charge in [-0.05, 0) is 45.8 Å². The van der Waals surface area contributed by atoms with Crippen LogP contribution in [-0.2, 0) is 9.53 Å². The molecule has 0 saturated carbocycles. The third-order valence-electron chi connectivity index (χ3n) is 3.11. The Morgan fingerprint density at radius 3 is 2.79 bits per heavy atom. The minimum Gasteiger partial charge on any atom is -0.443 e. The molecule has 104 valence electrons. The molecule has 1 saturated heterocycles. The molecule has 1 fully saturated rings. The van der Waals surface area contributed by atoms with E-state index in [4.69, 9.17) is 4.74 Å². The number of hydrogen-bond donors (Lipinski definition) is 0. The molecule has 0 spiro atoms. The summed E-state index contributed by atoms with van der Waals surface area (Å²) in [6.45, 7) is 5.61. The lowest BCUT2D eigenvalue weighted by Gasteiger charge is -2.39. The van der Waals surface area contributed by atoms with E-state index in [0.29, 0.717) is 13.0 Å². The van der Waals surface area contributed by atoms with Crippen molar-refractivity contribution in [2.45, 2.75) is 44.9 Å². The number of carbonyl (C=O) groups excluding carboxylic acids is 2. The van der Waals surface area contributed by atoms with Gasteiger partial charge in [0.2, 0.25) is 5.67 Å². The number of alkyl halides is 1. The van der Waals surface area contributed by atoms with Crippen molar-refractivity contribution < 1.29 is 18.7 Å². The summed E-state index contributed by atoms with van der Waals surface area (Å²) in [5.74, 6) is -0.599. The third-order valence-corrected chi connectivity index (χ3v) is 3.11. The van der Waals surface area contributed by atoms with Crippen molar-refractivity contribution in [3.05, 3.63) is 23.9 Å². The average Bonchev–Trinajstić information content (AvgIpc) is 2.27. The maximum absolute atomic E-state index is 14.7. The number of halogens is 1. The SMILES string of the molecule is CC(C)(C)OC(=O)N1CCC[C@]2(F)C(=O)C=CC=C12. The number of carbonyl (C=O) groups is 2. The second kappa shape index (κ2) is 4.47.